The zero-order valence-electron chi connectivity index (χ0n) is 8.11. The Labute approximate surface area is 127 Å². The Morgan fingerprint density at radius 1 is 0.733 bits per heavy atom. The molecule has 15 heavy (non-hydrogen) atoms. The maximum atomic E-state index is 9.63. The number of hydrogen-bond acceptors (Lipinski definition) is 4. The summed E-state index contributed by atoms with van der Waals surface area (Å²) in [6.07, 6.45) is 0. The molecule has 0 fully saturated rings. The summed E-state index contributed by atoms with van der Waals surface area (Å²) in [7, 11) is -14.7. The molecule has 0 aliphatic carbocycles. The van der Waals surface area contributed by atoms with Crippen LogP contribution in [0.5, 0.6) is 0 Å². The van der Waals surface area contributed by atoms with Gasteiger partial charge in [0, 0.05) is 0 Å². The Morgan fingerprint density at radius 2 is 0.867 bits per heavy atom. The van der Waals surface area contributed by atoms with Gasteiger partial charge in [-0.25, -0.2) is 13.7 Å². The molecule has 90 valence electrons. The van der Waals surface area contributed by atoms with Gasteiger partial charge in [0.05, 0.1) is 0 Å². The maximum absolute atomic E-state index is 9.63. The molecule has 11 nitrogen and oxygen atoms in total. The minimum Gasteiger partial charge on any atom is -1.00 e. The molecule has 0 aliphatic heterocycles. The molecule has 0 saturated carbocycles. The van der Waals surface area contributed by atoms with Crippen molar-refractivity contribution in [2.75, 3.05) is 0 Å². The summed E-state index contributed by atoms with van der Waals surface area (Å²) in [6, 6.07) is 0. The molecule has 0 aromatic carbocycles. The van der Waals surface area contributed by atoms with Crippen molar-refractivity contribution in [3.63, 3.8) is 0 Å². The topological polar surface area (TPSA) is 202 Å². The summed E-state index contributed by atoms with van der Waals surface area (Å²) in [6.45, 7) is 0. The van der Waals surface area contributed by atoms with Gasteiger partial charge in [0.1, 0.15) is 0 Å². The molecule has 0 aliphatic rings. The molecule has 0 amide bonds. The van der Waals surface area contributed by atoms with Crippen molar-refractivity contribution >= 4 is 23.5 Å². The Bertz CT molecular complexity index is 264. The molecule has 0 rings (SSSR count). The summed E-state index contributed by atoms with van der Waals surface area (Å²) in [5, 5.41) is 0. The smallest absolute Gasteiger partial charge is 1.00 e. The zero-order valence-corrected chi connectivity index (χ0v) is 12.9. The first-order valence-corrected chi connectivity index (χ1v) is 6.94. The van der Waals surface area contributed by atoms with E-state index in [0.717, 1.165) is 0 Å². The molecule has 0 aromatic rings. The summed E-state index contributed by atoms with van der Waals surface area (Å²) < 4.78 is 31.1. The van der Waals surface area contributed by atoms with Crippen LogP contribution in [0.1, 0.15) is 1.43 Å². The fourth-order valence-corrected chi connectivity index (χ4v) is 1.25. The van der Waals surface area contributed by atoms with Crippen molar-refractivity contribution in [1.29, 1.82) is 0 Å². The average Bonchev–Trinajstić information content (AvgIpc) is 1.42. The SMILES string of the molecule is O=P(O)(O)O.O=P(O)(O)OP(=O)(O)O.[H-].[K+]. The summed E-state index contributed by atoms with van der Waals surface area (Å²) in [4.78, 5) is 52.6. The first kappa shape index (κ1) is 22.2. The maximum Gasteiger partial charge on any atom is 1.00 e. The Balaban J connectivity index is -0.0000000904. The van der Waals surface area contributed by atoms with Crippen LogP contribution in [0.3, 0.4) is 0 Å². The van der Waals surface area contributed by atoms with Crippen LogP contribution in [0.2, 0.25) is 0 Å². The fourth-order valence-electron chi connectivity index (χ4n) is 0.139. The molecule has 7 N–H and O–H groups in total. The molecule has 0 heterocycles. The van der Waals surface area contributed by atoms with E-state index in [4.69, 9.17) is 38.8 Å². The van der Waals surface area contributed by atoms with Crippen LogP contribution in [-0.4, -0.2) is 34.3 Å². The van der Waals surface area contributed by atoms with Gasteiger partial charge in [-0.3, -0.25) is 0 Å². The molecule has 0 bridgehead atoms. The van der Waals surface area contributed by atoms with E-state index in [1.54, 1.807) is 0 Å². The van der Waals surface area contributed by atoms with Crippen molar-refractivity contribution in [1.82, 2.24) is 0 Å². The van der Waals surface area contributed by atoms with Crippen molar-refractivity contribution in [2.45, 2.75) is 0 Å². The van der Waals surface area contributed by atoms with Crippen LogP contribution in [0, 0.1) is 0 Å². The third-order valence-electron chi connectivity index (χ3n) is 0.213. The molecule has 0 radical (unpaired) electrons. The Hall–Kier alpha value is 2.01. The van der Waals surface area contributed by atoms with Crippen LogP contribution in [0.25, 0.3) is 0 Å². The number of hydrogen-bond donors (Lipinski definition) is 7. The van der Waals surface area contributed by atoms with Gasteiger partial charge in [-0.1, -0.05) is 0 Å². The average molecular weight is 316 g/mol. The van der Waals surface area contributed by atoms with Gasteiger partial charge in [0.15, 0.2) is 0 Å². The van der Waals surface area contributed by atoms with Gasteiger partial charge < -0.3 is 35.7 Å². The van der Waals surface area contributed by atoms with Gasteiger partial charge >= 0.3 is 74.9 Å². The van der Waals surface area contributed by atoms with Crippen molar-refractivity contribution < 1.29 is 105 Å². The van der Waals surface area contributed by atoms with Gasteiger partial charge in [0.25, 0.3) is 0 Å². The monoisotopic (exact) mass is 316 g/mol. The largest absolute Gasteiger partial charge is 1.00 e. The van der Waals surface area contributed by atoms with Crippen LogP contribution in [0.4, 0.5) is 0 Å². The quantitative estimate of drug-likeness (QED) is 0.191. The third-order valence-corrected chi connectivity index (χ3v) is 1.91. The van der Waals surface area contributed by atoms with E-state index in [1.807, 2.05) is 0 Å². The van der Waals surface area contributed by atoms with Gasteiger partial charge in [0.2, 0.25) is 0 Å². The van der Waals surface area contributed by atoms with E-state index >= 15 is 0 Å². The van der Waals surface area contributed by atoms with Crippen LogP contribution >= 0.6 is 23.5 Å². The molecule has 0 atom stereocenters. The minimum absolute atomic E-state index is 0. The molecule has 0 unspecified atom stereocenters. The van der Waals surface area contributed by atoms with Gasteiger partial charge in [-0.15, -0.1) is 0 Å². The Kier molecular flexibility index (Phi) is 12.1. The van der Waals surface area contributed by atoms with Crippen molar-refractivity contribution in [2.24, 2.45) is 0 Å². The molecular weight excluding hydrogens is 308 g/mol. The first-order chi connectivity index (χ1) is 5.71. The second-order valence-electron chi connectivity index (χ2n) is 1.58. The summed E-state index contributed by atoms with van der Waals surface area (Å²) >= 11 is 0. The van der Waals surface area contributed by atoms with Crippen molar-refractivity contribution in [3.8, 4) is 0 Å². The Morgan fingerprint density at radius 3 is 0.867 bits per heavy atom. The molecular formula is H8KO11P3. The molecule has 0 saturated heterocycles. The van der Waals surface area contributed by atoms with Crippen LogP contribution < -0.4 is 51.4 Å². The number of phosphoric acid groups is 3. The van der Waals surface area contributed by atoms with Crippen LogP contribution in [-0.2, 0) is 18.0 Å². The van der Waals surface area contributed by atoms with Crippen molar-refractivity contribution in [3.05, 3.63) is 0 Å². The molecule has 15 heteroatoms. The fraction of sp³-hybridized carbons (Fsp3) is 0. The first-order valence-electron chi connectivity index (χ1n) is 2.31. The molecule has 0 spiro atoms. The summed E-state index contributed by atoms with van der Waals surface area (Å²) in [5.74, 6) is 0. The van der Waals surface area contributed by atoms with E-state index in [9.17, 15) is 9.13 Å². The van der Waals surface area contributed by atoms with E-state index in [2.05, 4.69) is 4.31 Å². The predicted molar refractivity (Wildman–Crippen MR) is 40.5 cm³/mol. The number of rotatable bonds is 2. The van der Waals surface area contributed by atoms with E-state index in [1.165, 1.54) is 0 Å². The van der Waals surface area contributed by atoms with Gasteiger partial charge in [-0.2, -0.15) is 4.31 Å². The van der Waals surface area contributed by atoms with Crippen LogP contribution in [0.15, 0.2) is 0 Å². The minimum atomic E-state index is -5.05. The van der Waals surface area contributed by atoms with Gasteiger partial charge in [-0.05, 0) is 0 Å². The second kappa shape index (κ2) is 8.17. The third kappa shape index (κ3) is 49.0. The normalized spacial score (nSPS) is 12.2. The van der Waals surface area contributed by atoms with E-state index in [-0.39, 0.29) is 52.8 Å². The van der Waals surface area contributed by atoms with E-state index < -0.39 is 23.5 Å². The zero-order chi connectivity index (χ0) is 12.2. The molecule has 0 aromatic heterocycles. The standard InChI is InChI=1S/K.H4O7P2.H3O4P.H/c;1-8(2,3)7-9(4,5)6;1-5(2,3)4;/h;(H2,1,2,3)(H2,4,5,6);(H3,1,2,3,4);/q+1;;;-1. The second-order valence-corrected chi connectivity index (χ2v) is 5.22. The summed E-state index contributed by atoms with van der Waals surface area (Å²) in [5.41, 5.74) is 0. The van der Waals surface area contributed by atoms with E-state index in [0.29, 0.717) is 0 Å². The predicted octanol–water partition coefficient (Wildman–Crippen LogP) is -4.62.